The lowest BCUT2D eigenvalue weighted by molar-refractivity contribution is 0.0609. The van der Waals surface area contributed by atoms with Crippen molar-refractivity contribution in [3.8, 4) is 0 Å². The summed E-state index contributed by atoms with van der Waals surface area (Å²) < 4.78 is 0. The molecular formula is C22H25N3O3. The maximum atomic E-state index is 12.4. The number of benzene rings is 2. The van der Waals surface area contributed by atoms with Gasteiger partial charge in [-0.1, -0.05) is 30.3 Å². The number of unbranched alkanes of at least 4 members (excludes halogenated alkanes) is 1. The summed E-state index contributed by atoms with van der Waals surface area (Å²) in [4.78, 5) is 38.0. The topological polar surface area (TPSA) is 78.5 Å². The van der Waals surface area contributed by atoms with Crippen LogP contribution in [0.2, 0.25) is 0 Å². The van der Waals surface area contributed by atoms with Gasteiger partial charge in [0.1, 0.15) is 0 Å². The molecule has 6 nitrogen and oxygen atoms in total. The molecule has 0 saturated carbocycles. The highest BCUT2D eigenvalue weighted by atomic mass is 16.2. The van der Waals surface area contributed by atoms with Crippen molar-refractivity contribution in [1.29, 1.82) is 0 Å². The molecule has 1 aliphatic heterocycles. The van der Waals surface area contributed by atoms with E-state index in [2.05, 4.69) is 22.8 Å². The molecule has 0 unspecified atom stereocenters. The fraction of sp³-hybridized carbons (Fsp3) is 0.318. The standard InChI is InChI=1S/C22H25N3O3/c1-15(2)25-20(26)18-12-11-17(14-19(18)21(25)27)24-22(28)23-13-7-6-10-16-8-4-3-5-9-16/h3-5,8-9,11-12,14-15H,6-7,10,13H2,1-2H3,(H2,23,24,28). The molecule has 0 fully saturated rings. The number of nitrogens with one attached hydrogen (secondary N) is 2. The number of urea groups is 1. The minimum atomic E-state index is -0.322. The normalized spacial score (nSPS) is 13.0. The number of hydrogen-bond donors (Lipinski definition) is 2. The van der Waals surface area contributed by atoms with Crippen molar-refractivity contribution in [1.82, 2.24) is 10.2 Å². The molecule has 28 heavy (non-hydrogen) atoms. The highest BCUT2D eigenvalue weighted by molar-refractivity contribution is 6.22. The Bertz CT molecular complexity index is 878. The molecule has 0 spiro atoms. The average molecular weight is 379 g/mol. The first-order chi connectivity index (χ1) is 13.5. The summed E-state index contributed by atoms with van der Waals surface area (Å²) in [6.07, 6.45) is 2.85. The summed E-state index contributed by atoms with van der Waals surface area (Å²) in [6, 6.07) is 14.5. The van der Waals surface area contributed by atoms with Crippen LogP contribution in [0.15, 0.2) is 48.5 Å². The Hall–Kier alpha value is -3.15. The number of rotatable bonds is 7. The van der Waals surface area contributed by atoms with Crippen LogP contribution in [0.25, 0.3) is 0 Å². The molecule has 0 atom stereocenters. The second-order valence-electron chi connectivity index (χ2n) is 7.16. The largest absolute Gasteiger partial charge is 0.338 e. The van der Waals surface area contributed by atoms with Gasteiger partial charge in [-0.15, -0.1) is 0 Å². The van der Waals surface area contributed by atoms with Crippen molar-refractivity contribution in [2.45, 2.75) is 39.2 Å². The number of amides is 4. The van der Waals surface area contributed by atoms with Crippen LogP contribution in [0, 0.1) is 0 Å². The van der Waals surface area contributed by atoms with Gasteiger partial charge >= 0.3 is 6.03 Å². The van der Waals surface area contributed by atoms with Gasteiger partial charge in [-0.3, -0.25) is 14.5 Å². The van der Waals surface area contributed by atoms with E-state index < -0.39 is 0 Å². The number of fused-ring (bicyclic) bond motifs is 1. The van der Waals surface area contributed by atoms with Crippen LogP contribution in [0.1, 0.15) is 53.0 Å². The van der Waals surface area contributed by atoms with Crippen molar-refractivity contribution < 1.29 is 14.4 Å². The lowest BCUT2D eigenvalue weighted by Crippen LogP contribution is -2.35. The van der Waals surface area contributed by atoms with Crippen molar-refractivity contribution in [3.05, 3.63) is 65.2 Å². The predicted molar refractivity (Wildman–Crippen MR) is 108 cm³/mol. The van der Waals surface area contributed by atoms with Crippen LogP contribution in [0.5, 0.6) is 0 Å². The first-order valence-corrected chi connectivity index (χ1v) is 9.58. The molecule has 0 aliphatic carbocycles. The van der Waals surface area contributed by atoms with Crippen molar-refractivity contribution >= 4 is 23.5 Å². The third-order valence-corrected chi connectivity index (χ3v) is 4.71. The zero-order chi connectivity index (χ0) is 20.1. The van der Waals surface area contributed by atoms with E-state index in [1.165, 1.54) is 10.5 Å². The number of hydrogen-bond acceptors (Lipinski definition) is 3. The molecule has 2 aromatic rings. The number of imide groups is 1. The monoisotopic (exact) mass is 379 g/mol. The zero-order valence-electron chi connectivity index (χ0n) is 16.2. The molecular weight excluding hydrogens is 354 g/mol. The number of carbonyl (C=O) groups is 3. The lowest BCUT2D eigenvalue weighted by Gasteiger charge is -2.17. The van der Waals surface area contributed by atoms with Gasteiger partial charge in [0, 0.05) is 18.3 Å². The van der Waals surface area contributed by atoms with E-state index in [4.69, 9.17) is 0 Å². The summed E-state index contributed by atoms with van der Waals surface area (Å²) in [5.41, 5.74) is 2.50. The summed E-state index contributed by atoms with van der Waals surface area (Å²) in [6.45, 7) is 4.17. The van der Waals surface area contributed by atoms with Crippen molar-refractivity contribution in [2.75, 3.05) is 11.9 Å². The number of nitrogens with zero attached hydrogens (tertiary/aromatic N) is 1. The van der Waals surface area contributed by atoms with Crippen LogP contribution in [-0.4, -0.2) is 35.3 Å². The zero-order valence-corrected chi connectivity index (χ0v) is 16.2. The molecule has 0 radical (unpaired) electrons. The summed E-state index contributed by atoms with van der Waals surface area (Å²) in [5, 5.41) is 5.55. The lowest BCUT2D eigenvalue weighted by atomic mass is 10.1. The minimum absolute atomic E-state index is 0.206. The first-order valence-electron chi connectivity index (χ1n) is 9.58. The molecule has 0 saturated heterocycles. The first kappa shape index (κ1) is 19.6. The minimum Gasteiger partial charge on any atom is -0.338 e. The maximum absolute atomic E-state index is 12.4. The third-order valence-electron chi connectivity index (χ3n) is 4.71. The summed E-state index contributed by atoms with van der Waals surface area (Å²) in [7, 11) is 0. The van der Waals surface area contributed by atoms with E-state index in [9.17, 15) is 14.4 Å². The molecule has 4 amide bonds. The SMILES string of the molecule is CC(C)N1C(=O)c2ccc(NC(=O)NCCCCc3ccccc3)cc2C1=O. The average Bonchev–Trinajstić information content (AvgIpc) is 2.92. The van der Waals surface area contributed by atoms with Gasteiger partial charge in [0.25, 0.3) is 11.8 Å². The van der Waals surface area contributed by atoms with E-state index in [0.29, 0.717) is 23.4 Å². The Morgan fingerprint density at radius 2 is 1.68 bits per heavy atom. The van der Waals surface area contributed by atoms with E-state index in [1.54, 1.807) is 32.0 Å². The van der Waals surface area contributed by atoms with E-state index in [1.807, 2.05) is 18.2 Å². The van der Waals surface area contributed by atoms with Crippen LogP contribution < -0.4 is 10.6 Å². The van der Waals surface area contributed by atoms with Gasteiger partial charge in [0.05, 0.1) is 11.1 Å². The number of anilines is 1. The molecule has 1 heterocycles. The number of aryl methyl sites for hydroxylation is 1. The van der Waals surface area contributed by atoms with Crippen LogP contribution in [-0.2, 0) is 6.42 Å². The molecule has 6 heteroatoms. The molecule has 146 valence electrons. The van der Waals surface area contributed by atoms with Gasteiger partial charge < -0.3 is 10.6 Å². The van der Waals surface area contributed by atoms with Gasteiger partial charge in [-0.05, 0) is 56.9 Å². The van der Waals surface area contributed by atoms with Gasteiger partial charge in [0.2, 0.25) is 0 Å². The Labute approximate surface area is 164 Å². The fourth-order valence-corrected chi connectivity index (χ4v) is 3.28. The smallest absolute Gasteiger partial charge is 0.319 e. The second kappa shape index (κ2) is 8.69. The van der Waals surface area contributed by atoms with Crippen molar-refractivity contribution in [3.63, 3.8) is 0 Å². The quantitative estimate of drug-likeness (QED) is 0.567. The van der Waals surface area contributed by atoms with Crippen LogP contribution in [0.4, 0.5) is 10.5 Å². The van der Waals surface area contributed by atoms with Gasteiger partial charge in [-0.2, -0.15) is 0 Å². The second-order valence-corrected chi connectivity index (χ2v) is 7.16. The van der Waals surface area contributed by atoms with E-state index in [0.717, 1.165) is 19.3 Å². The van der Waals surface area contributed by atoms with Crippen molar-refractivity contribution in [2.24, 2.45) is 0 Å². The molecule has 2 N–H and O–H groups in total. The van der Waals surface area contributed by atoms with Gasteiger partial charge in [0.15, 0.2) is 0 Å². The summed E-state index contributed by atoms with van der Waals surface area (Å²) >= 11 is 0. The Morgan fingerprint density at radius 3 is 2.39 bits per heavy atom. The summed E-state index contributed by atoms with van der Waals surface area (Å²) in [5.74, 6) is -0.607. The fourth-order valence-electron chi connectivity index (χ4n) is 3.28. The highest BCUT2D eigenvalue weighted by Gasteiger charge is 2.37. The number of carbonyl (C=O) groups excluding carboxylic acids is 3. The van der Waals surface area contributed by atoms with Crippen LogP contribution in [0.3, 0.4) is 0 Å². The third kappa shape index (κ3) is 4.39. The Kier molecular flexibility index (Phi) is 6.09. The molecule has 3 rings (SSSR count). The van der Waals surface area contributed by atoms with Crippen LogP contribution >= 0.6 is 0 Å². The molecule has 2 aromatic carbocycles. The predicted octanol–water partition coefficient (Wildman–Crippen LogP) is 3.84. The van der Waals surface area contributed by atoms with E-state index >= 15 is 0 Å². The molecule has 0 aromatic heterocycles. The molecule has 0 bridgehead atoms. The van der Waals surface area contributed by atoms with E-state index in [-0.39, 0.29) is 23.9 Å². The molecule has 1 aliphatic rings. The Morgan fingerprint density at radius 1 is 0.964 bits per heavy atom. The highest BCUT2D eigenvalue weighted by Crippen LogP contribution is 2.27. The van der Waals surface area contributed by atoms with Gasteiger partial charge in [-0.25, -0.2) is 4.79 Å². The maximum Gasteiger partial charge on any atom is 0.319 e. The Balaban J connectivity index is 1.48.